The highest BCUT2D eigenvalue weighted by molar-refractivity contribution is 6.00. The van der Waals surface area contributed by atoms with Gasteiger partial charge in [-0.3, -0.25) is 4.79 Å². The summed E-state index contributed by atoms with van der Waals surface area (Å²) < 4.78 is 12.1. The number of aromatic nitrogens is 7. The van der Waals surface area contributed by atoms with Crippen molar-refractivity contribution in [1.82, 2.24) is 38.8 Å². The number of amides is 1. The molecule has 1 amide bonds. The molecule has 2 unspecified atom stereocenters. The van der Waals surface area contributed by atoms with Gasteiger partial charge in [-0.1, -0.05) is 6.07 Å². The molecule has 9 rings (SSSR count). The average molecular weight is 630 g/mol. The van der Waals surface area contributed by atoms with Crippen molar-refractivity contribution < 1.29 is 14.6 Å². The Kier molecular flexibility index (Phi) is 6.36. The number of likely N-dealkylation sites (tertiary alicyclic amines) is 1. The van der Waals surface area contributed by atoms with E-state index in [4.69, 9.17) is 20.4 Å². The predicted octanol–water partition coefficient (Wildman–Crippen LogP) is 4.37. The Morgan fingerprint density at radius 3 is 2.72 bits per heavy atom. The fourth-order valence-electron chi connectivity index (χ4n) is 7.61. The molecule has 1 aliphatic heterocycles. The molecule has 2 saturated carbocycles. The zero-order chi connectivity index (χ0) is 31.8. The molecule has 5 aromatic heterocycles. The maximum absolute atomic E-state index is 13.9. The Hall–Kier alpha value is -5.23. The molecule has 238 valence electrons. The molecule has 2 aliphatic carbocycles. The van der Waals surface area contributed by atoms with Crippen LogP contribution in [0.1, 0.15) is 41.6 Å². The molecule has 3 fully saturated rings. The van der Waals surface area contributed by atoms with Crippen LogP contribution in [0.5, 0.6) is 11.6 Å². The summed E-state index contributed by atoms with van der Waals surface area (Å²) in [5.41, 5.74) is 11.3. The molecular weight excluding hydrogens is 594 g/mol. The number of nitrogens with zero attached hydrogens (tertiary/aromatic N) is 8. The van der Waals surface area contributed by atoms with E-state index in [-0.39, 0.29) is 23.9 Å². The second kappa shape index (κ2) is 10.7. The van der Waals surface area contributed by atoms with Gasteiger partial charge in [-0.2, -0.15) is 10.1 Å². The van der Waals surface area contributed by atoms with Crippen LogP contribution in [0, 0.1) is 11.8 Å². The minimum absolute atomic E-state index is 0.0316. The number of fused-ring (bicyclic) bond motifs is 4. The van der Waals surface area contributed by atoms with Crippen LogP contribution < -0.4 is 10.5 Å². The molecular formula is C35H35N9O3. The topological polar surface area (TPSA) is 142 Å². The zero-order valence-electron chi connectivity index (χ0n) is 26.0. The molecule has 1 saturated heterocycles. The van der Waals surface area contributed by atoms with Gasteiger partial charge in [-0.25, -0.2) is 14.6 Å². The zero-order valence-corrected chi connectivity index (χ0v) is 26.0. The summed E-state index contributed by atoms with van der Waals surface area (Å²) in [6.07, 6.45) is 9.94. The molecule has 0 radical (unpaired) electrons. The highest BCUT2D eigenvalue weighted by atomic mass is 16.5. The van der Waals surface area contributed by atoms with E-state index >= 15 is 0 Å². The fourth-order valence-corrected chi connectivity index (χ4v) is 7.61. The van der Waals surface area contributed by atoms with E-state index in [1.54, 1.807) is 30.1 Å². The minimum Gasteiger partial charge on any atom is -0.494 e. The molecule has 12 heteroatoms. The first-order chi connectivity index (χ1) is 22.9. The van der Waals surface area contributed by atoms with E-state index in [0.29, 0.717) is 47.6 Å². The Morgan fingerprint density at radius 1 is 1.06 bits per heavy atom. The van der Waals surface area contributed by atoms with E-state index in [1.165, 1.54) is 18.9 Å². The average Bonchev–Trinajstić information content (AvgIpc) is 3.39. The second-order valence-electron chi connectivity index (χ2n) is 13.2. The summed E-state index contributed by atoms with van der Waals surface area (Å²) in [4.78, 5) is 30.1. The fraction of sp³-hybridized carbons (Fsp3) is 0.343. The Labute approximate surface area is 270 Å². The molecule has 3 N–H and O–H groups in total. The highest BCUT2D eigenvalue weighted by Crippen LogP contribution is 2.40. The van der Waals surface area contributed by atoms with Crippen LogP contribution in [0.2, 0.25) is 0 Å². The molecule has 0 spiro atoms. The van der Waals surface area contributed by atoms with Crippen LogP contribution in [-0.4, -0.2) is 75.5 Å². The lowest BCUT2D eigenvalue weighted by atomic mass is 10.1. The van der Waals surface area contributed by atoms with Gasteiger partial charge < -0.3 is 29.6 Å². The van der Waals surface area contributed by atoms with Crippen LogP contribution in [0.15, 0.2) is 67.1 Å². The van der Waals surface area contributed by atoms with Gasteiger partial charge in [0.15, 0.2) is 11.6 Å². The number of rotatable bonds is 8. The van der Waals surface area contributed by atoms with E-state index in [2.05, 4.69) is 31.3 Å². The van der Waals surface area contributed by atoms with Crippen molar-refractivity contribution in [2.75, 3.05) is 13.7 Å². The number of aromatic hydroxyl groups is 1. The van der Waals surface area contributed by atoms with Crippen LogP contribution in [-0.2, 0) is 13.1 Å². The number of hydrogen-bond donors (Lipinski definition) is 2. The standard InChI is InChI=1S/C35H35N9O3/c1-47-28-14-24(35(46)42-19-23-9-10-26(42)31(23)36)12-25-32(28)43(17-21-15-38-44(18-21)29-5-2-6-30(45)40-29)34(39-25)27-13-22-4-3-11-37-33(22)41(27)16-20-7-8-20/h2-6,11-15,18,20,23,26,31H,7-10,16-17,19,36H2,1H3,(H,40,45)/t23?,26?,31-/m1/s1. The second-order valence-corrected chi connectivity index (χ2v) is 13.2. The lowest BCUT2D eigenvalue weighted by Gasteiger charge is -2.27. The quantitative estimate of drug-likeness (QED) is 0.253. The van der Waals surface area contributed by atoms with Gasteiger partial charge in [-0.05, 0) is 73.9 Å². The Morgan fingerprint density at radius 2 is 1.96 bits per heavy atom. The Bertz CT molecular complexity index is 2180. The largest absolute Gasteiger partial charge is 0.494 e. The van der Waals surface area contributed by atoms with Crippen LogP contribution >= 0.6 is 0 Å². The first kappa shape index (κ1) is 28.0. The van der Waals surface area contributed by atoms with Gasteiger partial charge in [0.25, 0.3) is 5.91 Å². The minimum atomic E-state index is -0.0710. The lowest BCUT2D eigenvalue weighted by molar-refractivity contribution is 0.0700. The molecule has 12 nitrogen and oxygen atoms in total. The number of carbonyl (C=O) groups is 1. The number of ether oxygens (including phenoxy) is 1. The summed E-state index contributed by atoms with van der Waals surface area (Å²) >= 11 is 0. The SMILES string of the molecule is COc1cc(C(=O)N2CC3CCC2[C@@H]3N)cc2nc(-c3cc4cccnc4n3CC3CC3)n(Cc3cnn(-c4cccc(O)n4)c3)c12. The monoisotopic (exact) mass is 629 g/mol. The van der Waals surface area contributed by atoms with E-state index in [9.17, 15) is 9.90 Å². The van der Waals surface area contributed by atoms with Gasteiger partial charge in [0.05, 0.1) is 31.1 Å². The van der Waals surface area contributed by atoms with Crippen molar-refractivity contribution in [3.05, 3.63) is 78.2 Å². The van der Waals surface area contributed by atoms with Crippen molar-refractivity contribution in [3.8, 4) is 29.0 Å². The summed E-state index contributed by atoms with van der Waals surface area (Å²) in [6.45, 7) is 1.98. The van der Waals surface area contributed by atoms with E-state index < -0.39 is 0 Å². The molecule has 3 aliphatic rings. The molecule has 1 aromatic carbocycles. The van der Waals surface area contributed by atoms with Crippen molar-refractivity contribution in [1.29, 1.82) is 0 Å². The predicted molar refractivity (Wildman–Crippen MR) is 175 cm³/mol. The number of piperidine rings is 1. The van der Waals surface area contributed by atoms with Gasteiger partial charge in [-0.15, -0.1) is 0 Å². The van der Waals surface area contributed by atoms with E-state index in [0.717, 1.165) is 53.0 Å². The van der Waals surface area contributed by atoms with Crippen molar-refractivity contribution >= 4 is 28.0 Å². The number of pyridine rings is 2. The third-order valence-corrected chi connectivity index (χ3v) is 10.1. The summed E-state index contributed by atoms with van der Waals surface area (Å²) in [5, 5.41) is 15.5. The summed E-state index contributed by atoms with van der Waals surface area (Å²) in [6, 6.07) is 15.1. The molecule has 2 bridgehead atoms. The maximum Gasteiger partial charge on any atom is 0.254 e. The van der Waals surface area contributed by atoms with E-state index in [1.807, 2.05) is 35.5 Å². The summed E-state index contributed by atoms with van der Waals surface area (Å²) in [7, 11) is 1.63. The van der Waals surface area contributed by atoms with Crippen molar-refractivity contribution in [2.24, 2.45) is 17.6 Å². The number of hydrogen-bond acceptors (Lipinski definition) is 8. The molecule has 6 aromatic rings. The lowest BCUT2D eigenvalue weighted by Crippen LogP contribution is -2.41. The molecule has 47 heavy (non-hydrogen) atoms. The molecule has 3 atom stereocenters. The van der Waals surface area contributed by atoms with Gasteiger partial charge in [0.1, 0.15) is 16.9 Å². The highest BCUT2D eigenvalue weighted by Gasteiger charge is 2.47. The third-order valence-electron chi connectivity index (χ3n) is 10.1. The van der Waals surface area contributed by atoms with Gasteiger partial charge in [0.2, 0.25) is 5.88 Å². The Balaban J connectivity index is 1.20. The number of nitrogens with two attached hydrogens (primary N) is 1. The van der Waals surface area contributed by atoms with Crippen molar-refractivity contribution in [2.45, 2.75) is 50.9 Å². The normalized spacial score (nSPS) is 20.6. The summed E-state index contributed by atoms with van der Waals surface area (Å²) in [5.74, 6) is 2.71. The van der Waals surface area contributed by atoms with Gasteiger partial charge >= 0.3 is 0 Å². The maximum atomic E-state index is 13.9. The van der Waals surface area contributed by atoms with Crippen LogP contribution in [0.4, 0.5) is 0 Å². The molecule has 6 heterocycles. The van der Waals surface area contributed by atoms with Crippen LogP contribution in [0.25, 0.3) is 39.4 Å². The first-order valence-corrected chi connectivity index (χ1v) is 16.2. The number of methoxy groups -OCH3 is 1. The third kappa shape index (κ3) is 4.65. The first-order valence-electron chi connectivity index (χ1n) is 16.2. The number of imidazole rings is 1. The van der Waals surface area contributed by atoms with Crippen LogP contribution in [0.3, 0.4) is 0 Å². The van der Waals surface area contributed by atoms with Crippen molar-refractivity contribution in [3.63, 3.8) is 0 Å². The number of carbonyl (C=O) groups excluding carboxylic acids is 1. The number of benzene rings is 1. The van der Waals surface area contributed by atoms with Gasteiger partial charge in [0, 0.05) is 60.1 Å². The smallest absolute Gasteiger partial charge is 0.254 e.